The molecule has 0 aromatic carbocycles. The molecule has 2 unspecified atom stereocenters. The highest BCUT2D eigenvalue weighted by atomic mass is 35.5. The zero-order chi connectivity index (χ0) is 17.4. The Balaban J connectivity index is 1.42. The Morgan fingerprint density at radius 2 is 2.12 bits per heavy atom. The normalized spacial score (nSPS) is 27.9. The van der Waals surface area contributed by atoms with Crippen molar-refractivity contribution >= 4 is 28.8 Å². The van der Waals surface area contributed by atoms with Gasteiger partial charge in [0.05, 0.1) is 4.88 Å². The summed E-state index contributed by atoms with van der Waals surface area (Å²) >= 11 is 7.18. The third-order valence-electron chi connectivity index (χ3n) is 5.18. The van der Waals surface area contributed by atoms with E-state index in [1.165, 1.54) is 24.2 Å². The largest absolute Gasteiger partial charge is 0.428 e. The van der Waals surface area contributed by atoms with Gasteiger partial charge in [0.1, 0.15) is 5.15 Å². The molecule has 1 N–H and O–H groups in total. The number of halogens is 1. The van der Waals surface area contributed by atoms with Gasteiger partial charge in [-0.2, -0.15) is 0 Å². The standard InChI is InChI=1S/C18H20ClN3O2S/c1-11-17(12-7-9-22(11)10-8-12)21-18(23)13-5-6-16(25-13)24-15-4-2-3-14(19)20-15/h2-6,11-12,17H,7-10H2,1H3,(H,21,23). The maximum absolute atomic E-state index is 12.6. The van der Waals surface area contributed by atoms with Crippen molar-refractivity contribution in [3.8, 4) is 10.9 Å². The number of aromatic nitrogens is 1. The number of nitrogens with zero attached hydrogens (tertiary/aromatic N) is 2. The van der Waals surface area contributed by atoms with E-state index in [9.17, 15) is 4.79 Å². The molecule has 2 bridgehead atoms. The molecule has 3 fully saturated rings. The number of carbonyl (C=O) groups excluding carboxylic acids is 1. The highest BCUT2D eigenvalue weighted by molar-refractivity contribution is 7.15. The van der Waals surface area contributed by atoms with Gasteiger partial charge in [-0.25, -0.2) is 4.98 Å². The van der Waals surface area contributed by atoms with Crippen LogP contribution in [0.4, 0.5) is 0 Å². The molecule has 0 radical (unpaired) electrons. The molecule has 2 aromatic heterocycles. The van der Waals surface area contributed by atoms with Crippen LogP contribution in [-0.2, 0) is 0 Å². The number of amides is 1. The predicted molar refractivity (Wildman–Crippen MR) is 98.7 cm³/mol. The fourth-order valence-corrected chi connectivity index (χ4v) is 4.74. The number of pyridine rings is 1. The van der Waals surface area contributed by atoms with Crippen LogP contribution in [0.3, 0.4) is 0 Å². The summed E-state index contributed by atoms with van der Waals surface area (Å²) in [5.74, 6) is 0.993. The molecule has 25 heavy (non-hydrogen) atoms. The molecule has 5 nitrogen and oxygen atoms in total. The summed E-state index contributed by atoms with van der Waals surface area (Å²) < 4.78 is 5.69. The summed E-state index contributed by atoms with van der Waals surface area (Å²) in [7, 11) is 0. The van der Waals surface area contributed by atoms with E-state index >= 15 is 0 Å². The van der Waals surface area contributed by atoms with Crippen molar-refractivity contribution in [2.24, 2.45) is 5.92 Å². The monoisotopic (exact) mass is 377 g/mol. The zero-order valence-corrected chi connectivity index (χ0v) is 15.5. The Morgan fingerprint density at radius 3 is 2.84 bits per heavy atom. The van der Waals surface area contributed by atoms with Gasteiger partial charge < -0.3 is 10.1 Å². The summed E-state index contributed by atoms with van der Waals surface area (Å²) in [6.07, 6.45) is 2.35. The van der Waals surface area contributed by atoms with Gasteiger partial charge in [0.15, 0.2) is 5.06 Å². The summed E-state index contributed by atoms with van der Waals surface area (Å²) in [4.78, 5) is 19.9. The van der Waals surface area contributed by atoms with E-state index in [1.54, 1.807) is 30.3 Å². The number of ether oxygens (including phenoxy) is 1. The Kier molecular flexibility index (Phi) is 4.67. The maximum Gasteiger partial charge on any atom is 0.261 e. The molecule has 0 spiro atoms. The second-order valence-corrected chi connectivity index (χ2v) is 8.07. The maximum atomic E-state index is 12.6. The molecule has 1 amide bonds. The summed E-state index contributed by atoms with van der Waals surface area (Å²) in [6.45, 7) is 4.52. The molecule has 3 aliphatic rings. The molecular weight excluding hydrogens is 358 g/mol. The fraction of sp³-hybridized carbons (Fsp3) is 0.444. The Bertz CT molecular complexity index is 771. The topological polar surface area (TPSA) is 54.5 Å². The van der Waals surface area contributed by atoms with Crippen molar-refractivity contribution in [3.63, 3.8) is 0 Å². The first kappa shape index (κ1) is 16.8. The van der Waals surface area contributed by atoms with Gasteiger partial charge in [-0.15, -0.1) is 0 Å². The molecule has 2 aromatic rings. The number of hydrogen-bond donors (Lipinski definition) is 1. The number of thiophene rings is 1. The van der Waals surface area contributed by atoms with Crippen molar-refractivity contribution in [2.75, 3.05) is 13.1 Å². The molecule has 0 aliphatic carbocycles. The fourth-order valence-electron chi connectivity index (χ4n) is 3.81. The van der Waals surface area contributed by atoms with E-state index in [2.05, 4.69) is 22.1 Å². The summed E-state index contributed by atoms with van der Waals surface area (Å²) in [6, 6.07) is 9.44. The molecule has 3 aliphatic heterocycles. The Hall–Kier alpha value is -1.63. The summed E-state index contributed by atoms with van der Waals surface area (Å²) in [5.41, 5.74) is 0. The lowest BCUT2D eigenvalue weighted by Gasteiger charge is -2.49. The van der Waals surface area contributed by atoms with E-state index in [4.69, 9.17) is 16.3 Å². The zero-order valence-electron chi connectivity index (χ0n) is 13.9. The number of carbonyl (C=O) groups is 1. The molecule has 3 saturated heterocycles. The van der Waals surface area contributed by atoms with Crippen LogP contribution in [0.15, 0.2) is 30.3 Å². The minimum Gasteiger partial charge on any atom is -0.428 e. The quantitative estimate of drug-likeness (QED) is 0.823. The number of nitrogens with one attached hydrogen (secondary N) is 1. The summed E-state index contributed by atoms with van der Waals surface area (Å²) in [5, 5.41) is 4.25. The first-order valence-electron chi connectivity index (χ1n) is 8.55. The van der Waals surface area contributed by atoms with Gasteiger partial charge in [-0.1, -0.05) is 29.0 Å². The molecule has 0 saturated carbocycles. The molecule has 5 rings (SSSR count). The van der Waals surface area contributed by atoms with Gasteiger partial charge in [-0.05, 0) is 57.0 Å². The number of hydrogen-bond acceptors (Lipinski definition) is 5. The van der Waals surface area contributed by atoms with Crippen LogP contribution in [0, 0.1) is 5.92 Å². The third kappa shape index (κ3) is 3.52. The Labute approximate surface area is 156 Å². The molecule has 5 heterocycles. The van der Waals surface area contributed by atoms with E-state index in [0.717, 1.165) is 13.1 Å². The van der Waals surface area contributed by atoms with Crippen LogP contribution in [0.1, 0.15) is 29.4 Å². The lowest BCUT2D eigenvalue weighted by atomic mass is 9.79. The van der Waals surface area contributed by atoms with Gasteiger partial charge in [-0.3, -0.25) is 9.69 Å². The minimum atomic E-state index is -0.0236. The van der Waals surface area contributed by atoms with Crippen LogP contribution < -0.4 is 10.1 Å². The highest BCUT2D eigenvalue weighted by Crippen LogP contribution is 2.33. The van der Waals surface area contributed by atoms with E-state index < -0.39 is 0 Å². The van der Waals surface area contributed by atoms with Crippen LogP contribution in [0.2, 0.25) is 5.15 Å². The van der Waals surface area contributed by atoms with Crippen molar-refractivity contribution in [2.45, 2.75) is 31.8 Å². The van der Waals surface area contributed by atoms with Crippen molar-refractivity contribution in [1.29, 1.82) is 0 Å². The average Bonchev–Trinajstić information content (AvgIpc) is 3.07. The van der Waals surface area contributed by atoms with E-state index in [0.29, 0.717) is 32.9 Å². The van der Waals surface area contributed by atoms with Gasteiger partial charge in [0, 0.05) is 18.2 Å². The first-order chi connectivity index (χ1) is 12.1. The second kappa shape index (κ2) is 6.94. The van der Waals surface area contributed by atoms with Crippen LogP contribution in [0.5, 0.6) is 10.9 Å². The average molecular weight is 378 g/mol. The van der Waals surface area contributed by atoms with Crippen molar-refractivity contribution in [3.05, 3.63) is 40.4 Å². The minimum absolute atomic E-state index is 0.0236. The highest BCUT2D eigenvalue weighted by Gasteiger charge is 2.40. The SMILES string of the molecule is CC1C(NC(=O)c2ccc(Oc3cccc(Cl)n3)s2)C2CCN1CC2. The third-order valence-corrected chi connectivity index (χ3v) is 6.35. The number of piperidine rings is 3. The lowest BCUT2D eigenvalue weighted by molar-refractivity contribution is 0.0218. The van der Waals surface area contributed by atoms with E-state index in [1.807, 2.05) is 0 Å². The van der Waals surface area contributed by atoms with Gasteiger partial charge in [0.25, 0.3) is 5.91 Å². The van der Waals surface area contributed by atoms with Crippen molar-refractivity contribution < 1.29 is 9.53 Å². The predicted octanol–water partition coefficient (Wildman–Crippen LogP) is 3.80. The Morgan fingerprint density at radius 1 is 1.32 bits per heavy atom. The van der Waals surface area contributed by atoms with Crippen LogP contribution in [0.25, 0.3) is 0 Å². The molecule has 2 atom stereocenters. The van der Waals surface area contributed by atoms with Crippen molar-refractivity contribution in [1.82, 2.24) is 15.2 Å². The first-order valence-corrected chi connectivity index (χ1v) is 9.75. The van der Waals surface area contributed by atoms with Gasteiger partial charge in [0.2, 0.25) is 5.88 Å². The van der Waals surface area contributed by atoms with Gasteiger partial charge >= 0.3 is 0 Å². The molecular formula is C18H20ClN3O2S. The second-order valence-electron chi connectivity index (χ2n) is 6.63. The van der Waals surface area contributed by atoms with Crippen LogP contribution in [-0.4, -0.2) is 41.0 Å². The molecule has 132 valence electrons. The van der Waals surface area contributed by atoms with Crippen LogP contribution >= 0.6 is 22.9 Å². The number of fused-ring (bicyclic) bond motifs is 3. The lowest BCUT2D eigenvalue weighted by Crippen LogP contribution is -2.62. The molecule has 7 heteroatoms. The smallest absolute Gasteiger partial charge is 0.261 e. The number of rotatable bonds is 4. The van der Waals surface area contributed by atoms with E-state index in [-0.39, 0.29) is 11.9 Å².